The monoisotopic (exact) mass is 272 g/mol. The molecule has 0 saturated heterocycles. The number of hydrogen-bond donors (Lipinski definition) is 0. The zero-order valence-corrected chi connectivity index (χ0v) is 11.4. The minimum Gasteiger partial charge on any atom is -0.469 e. The molecule has 6 heteroatoms. The van der Waals surface area contributed by atoms with Gasteiger partial charge in [0.25, 0.3) is 0 Å². The molecule has 0 N–H and O–H groups in total. The fourth-order valence-corrected chi connectivity index (χ4v) is 1.17. The number of hydrogen-bond acceptors (Lipinski definition) is 6. The molecule has 6 nitrogen and oxygen atoms in total. The number of carbonyl (C=O) groups is 2. The Labute approximate surface area is 112 Å². The zero-order chi connectivity index (χ0) is 14.3. The first kappa shape index (κ1) is 15.5. The van der Waals surface area contributed by atoms with Crippen LogP contribution in [0.15, 0.2) is 12.3 Å². The van der Waals surface area contributed by atoms with Crippen molar-refractivity contribution in [2.45, 2.75) is 26.7 Å². The highest BCUT2D eigenvalue weighted by Crippen LogP contribution is 2.45. The molecule has 1 fully saturated rings. The summed E-state index contributed by atoms with van der Waals surface area (Å²) in [4.78, 5) is 22.0. The van der Waals surface area contributed by atoms with Crippen molar-refractivity contribution in [3.63, 3.8) is 0 Å². The summed E-state index contributed by atoms with van der Waals surface area (Å²) in [5.74, 6) is -0.264. The second-order valence-electron chi connectivity index (χ2n) is 4.69. The Morgan fingerprint density at radius 3 is 2.42 bits per heavy atom. The van der Waals surface area contributed by atoms with Gasteiger partial charge in [-0.25, -0.2) is 0 Å². The van der Waals surface area contributed by atoms with Crippen LogP contribution < -0.4 is 0 Å². The quantitative estimate of drug-likeness (QED) is 0.273. The van der Waals surface area contributed by atoms with Crippen molar-refractivity contribution in [1.82, 2.24) is 0 Å². The highest BCUT2D eigenvalue weighted by Gasteiger charge is 2.46. The van der Waals surface area contributed by atoms with Gasteiger partial charge >= 0.3 is 11.9 Å². The molecule has 1 aliphatic rings. The fraction of sp³-hybridized carbons (Fsp3) is 0.692. The molecule has 0 aromatic heterocycles. The van der Waals surface area contributed by atoms with Crippen LogP contribution in [0.5, 0.6) is 0 Å². The van der Waals surface area contributed by atoms with Crippen molar-refractivity contribution >= 4 is 11.9 Å². The minimum atomic E-state index is -0.397. The Balaban J connectivity index is 1.92. The molecule has 0 atom stereocenters. The summed E-state index contributed by atoms with van der Waals surface area (Å²) < 4.78 is 19.9. The molecule has 0 spiro atoms. The standard InChI is InChI=1S/C13H20O6/c1-10(8-18-11(2)14)19-9-16-6-7-17-12(15)13(3)4-5-13/h1,4-9H2,2-3H3. The SMILES string of the molecule is C=C(COC(C)=O)OCOCCOC(=O)C1(C)CC1. The number of esters is 2. The molecule has 19 heavy (non-hydrogen) atoms. The van der Waals surface area contributed by atoms with E-state index in [1.165, 1.54) is 6.92 Å². The van der Waals surface area contributed by atoms with Crippen LogP contribution >= 0.6 is 0 Å². The van der Waals surface area contributed by atoms with Crippen molar-refractivity contribution in [3.05, 3.63) is 12.3 Å². The maximum atomic E-state index is 11.4. The predicted octanol–water partition coefficient (Wildman–Crippen LogP) is 1.40. The van der Waals surface area contributed by atoms with E-state index in [-0.39, 0.29) is 38.0 Å². The average Bonchev–Trinajstić information content (AvgIpc) is 3.10. The predicted molar refractivity (Wildman–Crippen MR) is 66.0 cm³/mol. The van der Waals surface area contributed by atoms with Crippen molar-refractivity contribution in [2.24, 2.45) is 5.41 Å². The third kappa shape index (κ3) is 6.24. The summed E-state index contributed by atoms with van der Waals surface area (Å²) in [6, 6.07) is 0. The van der Waals surface area contributed by atoms with Crippen LogP contribution in [0.25, 0.3) is 0 Å². The molecule has 0 aliphatic heterocycles. The van der Waals surface area contributed by atoms with Crippen LogP contribution in [0.4, 0.5) is 0 Å². The minimum absolute atomic E-state index is 0.00599. The van der Waals surface area contributed by atoms with Crippen LogP contribution in [0.3, 0.4) is 0 Å². The lowest BCUT2D eigenvalue weighted by Crippen LogP contribution is -2.18. The molecule has 0 bridgehead atoms. The Kier molecular flexibility index (Phi) is 5.82. The van der Waals surface area contributed by atoms with Crippen molar-refractivity contribution in [3.8, 4) is 0 Å². The fourth-order valence-electron chi connectivity index (χ4n) is 1.17. The Morgan fingerprint density at radius 2 is 1.84 bits per heavy atom. The number of carbonyl (C=O) groups excluding carboxylic acids is 2. The van der Waals surface area contributed by atoms with E-state index < -0.39 is 5.97 Å². The third-order valence-corrected chi connectivity index (χ3v) is 2.74. The van der Waals surface area contributed by atoms with Crippen LogP contribution in [-0.4, -0.2) is 38.6 Å². The Bertz CT molecular complexity index is 345. The van der Waals surface area contributed by atoms with Gasteiger partial charge in [0, 0.05) is 6.92 Å². The number of ether oxygens (including phenoxy) is 4. The summed E-state index contributed by atoms with van der Waals surface area (Å²) in [5.41, 5.74) is -0.269. The lowest BCUT2D eigenvalue weighted by Gasteiger charge is -2.11. The Hall–Kier alpha value is -1.56. The molecule has 1 rings (SSSR count). The molecule has 0 heterocycles. The molecule has 1 saturated carbocycles. The van der Waals surface area contributed by atoms with Crippen molar-refractivity contribution < 1.29 is 28.5 Å². The van der Waals surface area contributed by atoms with Crippen molar-refractivity contribution in [1.29, 1.82) is 0 Å². The van der Waals surface area contributed by atoms with E-state index in [1.807, 2.05) is 6.92 Å². The lowest BCUT2D eigenvalue weighted by atomic mass is 10.1. The summed E-state index contributed by atoms with van der Waals surface area (Å²) in [6.45, 7) is 7.18. The van der Waals surface area contributed by atoms with E-state index in [1.54, 1.807) is 0 Å². The van der Waals surface area contributed by atoms with E-state index in [2.05, 4.69) is 11.3 Å². The molecule has 0 aromatic carbocycles. The molecular weight excluding hydrogens is 252 g/mol. The van der Waals surface area contributed by atoms with Crippen LogP contribution in [0.1, 0.15) is 26.7 Å². The highest BCUT2D eigenvalue weighted by atomic mass is 16.7. The van der Waals surface area contributed by atoms with Gasteiger partial charge in [0.05, 0.1) is 12.0 Å². The van der Waals surface area contributed by atoms with Gasteiger partial charge in [-0.05, 0) is 19.8 Å². The van der Waals surface area contributed by atoms with Gasteiger partial charge in [-0.3, -0.25) is 9.59 Å². The van der Waals surface area contributed by atoms with E-state index in [0.29, 0.717) is 5.76 Å². The second-order valence-corrected chi connectivity index (χ2v) is 4.69. The summed E-state index contributed by atoms with van der Waals surface area (Å²) in [7, 11) is 0. The third-order valence-electron chi connectivity index (χ3n) is 2.74. The van der Waals surface area contributed by atoms with E-state index in [9.17, 15) is 9.59 Å². The second kappa shape index (κ2) is 7.13. The Morgan fingerprint density at radius 1 is 1.16 bits per heavy atom. The maximum Gasteiger partial charge on any atom is 0.311 e. The first-order valence-corrected chi connectivity index (χ1v) is 6.13. The summed E-state index contributed by atoms with van der Waals surface area (Å²) >= 11 is 0. The van der Waals surface area contributed by atoms with Gasteiger partial charge in [-0.2, -0.15) is 0 Å². The smallest absolute Gasteiger partial charge is 0.311 e. The van der Waals surface area contributed by atoms with E-state index >= 15 is 0 Å². The largest absolute Gasteiger partial charge is 0.469 e. The zero-order valence-electron chi connectivity index (χ0n) is 11.4. The van der Waals surface area contributed by atoms with E-state index in [0.717, 1.165) is 12.8 Å². The van der Waals surface area contributed by atoms with E-state index in [4.69, 9.17) is 14.2 Å². The first-order chi connectivity index (χ1) is 8.94. The normalized spacial score (nSPS) is 15.5. The van der Waals surface area contributed by atoms with Crippen LogP contribution in [-0.2, 0) is 28.5 Å². The lowest BCUT2D eigenvalue weighted by molar-refractivity contribution is -0.152. The van der Waals surface area contributed by atoms with Gasteiger partial charge in [0.15, 0.2) is 6.79 Å². The number of rotatable bonds is 9. The molecular formula is C13H20O6. The van der Waals surface area contributed by atoms with Gasteiger partial charge < -0.3 is 18.9 Å². The van der Waals surface area contributed by atoms with Gasteiger partial charge in [0.1, 0.15) is 19.0 Å². The molecule has 0 amide bonds. The molecule has 108 valence electrons. The average molecular weight is 272 g/mol. The van der Waals surface area contributed by atoms with Gasteiger partial charge in [0.2, 0.25) is 0 Å². The first-order valence-electron chi connectivity index (χ1n) is 6.13. The topological polar surface area (TPSA) is 71.1 Å². The van der Waals surface area contributed by atoms with Crippen molar-refractivity contribution in [2.75, 3.05) is 26.6 Å². The summed E-state index contributed by atoms with van der Waals surface area (Å²) in [6.07, 6.45) is 1.79. The summed E-state index contributed by atoms with van der Waals surface area (Å²) in [5, 5.41) is 0. The van der Waals surface area contributed by atoms with Gasteiger partial charge in [-0.15, -0.1) is 0 Å². The maximum absolute atomic E-state index is 11.4. The molecule has 0 radical (unpaired) electrons. The van der Waals surface area contributed by atoms with Gasteiger partial charge in [-0.1, -0.05) is 6.58 Å². The molecule has 0 unspecified atom stereocenters. The molecule has 0 aromatic rings. The highest BCUT2D eigenvalue weighted by molar-refractivity contribution is 5.79. The molecule has 1 aliphatic carbocycles. The van der Waals surface area contributed by atoms with Crippen LogP contribution in [0, 0.1) is 5.41 Å². The van der Waals surface area contributed by atoms with Crippen LogP contribution in [0.2, 0.25) is 0 Å².